The Labute approximate surface area is 94.8 Å². The lowest BCUT2D eigenvalue weighted by Gasteiger charge is -2.14. The minimum absolute atomic E-state index is 0.0479. The number of rotatable bonds is 6. The topological polar surface area (TPSA) is 75.4 Å². The summed E-state index contributed by atoms with van der Waals surface area (Å²) < 4.78 is 4.89. The summed E-state index contributed by atoms with van der Waals surface area (Å²) in [5.41, 5.74) is -0.0479. The molecule has 5 nitrogen and oxygen atoms in total. The fourth-order valence-electron chi connectivity index (χ4n) is 1.56. The van der Waals surface area contributed by atoms with Crippen LogP contribution in [0.2, 0.25) is 0 Å². The predicted molar refractivity (Wildman–Crippen MR) is 59.2 cm³/mol. The van der Waals surface area contributed by atoms with Crippen LogP contribution in [0, 0.1) is 5.92 Å². The predicted octanol–water partition coefficient (Wildman–Crippen LogP) is 1.90. The van der Waals surface area contributed by atoms with Gasteiger partial charge in [0.25, 0.3) is 0 Å². The molecule has 16 heavy (non-hydrogen) atoms. The van der Waals surface area contributed by atoms with Crippen LogP contribution in [0.5, 0.6) is 0 Å². The Morgan fingerprint density at radius 2 is 2.25 bits per heavy atom. The van der Waals surface area contributed by atoms with Gasteiger partial charge in [0.05, 0.1) is 6.54 Å². The molecule has 0 radical (unpaired) electrons. The molecule has 0 aliphatic carbocycles. The van der Waals surface area contributed by atoms with Crippen molar-refractivity contribution in [2.45, 2.75) is 39.8 Å². The zero-order valence-electron chi connectivity index (χ0n) is 9.86. The summed E-state index contributed by atoms with van der Waals surface area (Å²) in [6.45, 7) is 6.92. The minimum atomic E-state index is -1.06. The van der Waals surface area contributed by atoms with Crippen LogP contribution in [0.15, 0.2) is 10.6 Å². The second-order valence-corrected chi connectivity index (χ2v) is 4.40. The van der Waals surface area contributed by atoms with E-state index in [4.69, 9.17) is 9.63 Å². The van der Waals surface area contributed by atoms with E-state index in [-0.39, 0.29) is 5.69 Å². The Morgan fingerprint density at radius 1 is 1.56 bits per heavy atom. The van der Waals surface area contributed by atoms with Crippen LogP contribution in [-0.4, -0.2) is 22.3 Å². The molecule has 0 aromatic carbocycles. The average molecular weight is 226 g/mol. The van der Waals surface area contributed by atoms with Crippen molar-refractivity contribution in [3.8, 4) is 0 Å². The molecule has 0 saturated carbocycles. The molecule has 0 saturated heterocycles. The third kappa shape index (κ3) is 4.02. The largest absolute Gasteiger partial charge is 0.476 e. The Morgan fingerprint density at radius 3 is 2.75 bits per heavy atom. The van der Waals surface area contributed by atoms with E-state index in [1.54, 1.807) is 0 Å². The molecule has 0 amide bonds. The molecule has 1 heterocycles. The van der Waals surface area contributed by atoms with Crippen molar-refractivity contribution in [1.29, 1.82) is 0 Å². The minimum Gasteiger partial charge on any atom is -0.476 e. The molecule has 1 rings (SSSR count). The first-order chi connectivity index (χ1) is 7.49. The average Bonchev–Trinajstić information content (AvgIpc) is 2.61. The molecular weight excluding hydrogens is 208 g/mol. The highest BCUT2D eigenvalue weighted by Gasteiger charge is 2.11. The number of hydrogen-bond donors (Lipinski definition) is 2. The van der Waals surface area contributed by atoms with Gasteiger partial charge >= 0.3 is 5.97 Å². The van der Waals surface area contributed by atoms with Crippen molar-refractivity contribution in [3.05, 3.63) is 17.5 Å². The zero-order chi connectivity index (χ0) is 12.1. The smallest absolute Gasteiger partial charge is 0.358 e. The molecule has 0 aliphatic heterocycles. The van der Waals surface area contributed by atoms with Crippen molar-refractivity contribution in [1.82, 2.24) is 10.5 Å². The van der Waals surface area contributed by atoms with E-state index >= 15 is 0 Å². The second-order valence-electron chi connectivity index (χ2n) is 4.40. The molecular formula is C11H18N2O3. The van der Waals surface area contributed by atoms with Gasteiger partial charge in [-0.05, 0) is 19.3 Å². The molecule has 1 atom stereocenters. The van der Waals surface area contributed by atoms with Crippen molar-refractivity contribution in [2.75, 3.05) is 0 Å². The Bertz CT molecular complexity index is 347. The van der Waals surface area contributed by atoms with Crippen molar-refractivity contribution in [3.63, 3.8) is 0 Å². The first kappa shape index (κ1) is 12.7. The molecule has 1 aromatic heterocycles. The molecule has 0 spiro atoms. The molecule has 0 fully saturated rings. The number of nitrogens with one attached hydrogen (secondary N) is 1. The number of carbonyl (C=O) groups is 1. The number of nitrogens with zero attached hydrogens (tertiary/aromatic N) is 1. The lowest BCUT2D eigenvalue weighted by molar-refractivity contribution is 0.0685. The summed E-state index contributed by atoms with van der Waals surface area (Å²) in [6, 6.07) is 1.82. The van der Waals surface area contributed by atoms with Gasteiger partial charge in [-0.3, -0.25) is 0 Å². The highest BCUT2D eigenvalue weighted by molar-refractivity contribution is 5.85. The van der Waals surface area contributed by atoms with Crippen LogP contribution in [0.1, 0.15) is 43.4 Å². The van der Waals surface area contributed by atoms with Gasteiger partial charge in [0.2, 0.25) is 0 Å². The van der Waals surface area contributed by atoms with Gasteiger partial charge in [0, 0.05) is 12.1 Å². The quantitative estimate of drug-likeness (QED) is 0.774. The molecule has 90 valence electrons. The number of carboxylic acid groups (broad SMARTS) is 1. The molecule has 0 aliphatic rings. The number of carboxylic acids is 1. The molecule has 1 unspecified atom stereocenters. The number of aromatic nitrogens is 1. The summed E-state index contributed by atoms with van der Waals surface area (Å²) in [5.74, 6) is 0.116. The molecule has 0 bridgehead atoms. The van der Waals surface area contributed by atoms with Crippen LogP contribution in [0.25, 0.3) is 0 Å². The summed E-state index contributed by atoms with van der Waals surface area (Å²) in [4.78, 5) is 10.6. The Balaban J connectivity index is 2.39. The Kier molecular flexibility index (Phi) is 4.49. The van der Waals surface area contributed by atoms with Crippen LogP contribution in [0.4, 0.5) is 0 Å². The van der Waals surface area contributed by atoms with Crippen LogP contribution in [0.3, 0.4) is 0 Å². The lowest BCUT2D eigenvalue weighted by Crippen LogP contribution is -2.26. The van der Waals surface area contributed by atoms with Gasteiger partial charge in [-0.1, -0.05) is 19.0 Å². The van der Waals surface area contributed by atoms with Gasteiger partial charge in [0.15, 0.2) is 11.5 Å². The lowest BCUT2D eigenvalue weighted by atomic mass is 10.1. The van der Waals surface area contributed by atoms with E-state index in [2.05, 4.69) is 31.2 Å². The van der Waals surface area contributed by atoms with Crippen LogP contribution >= 0.6 is 0 Å². The molecule has 1 aromatic rings. The van der Waals surface area contributed by atoms with Crippen molar-refractivity contribution < 1.29 is 14.4 Å². The Hall–Kier alpha value is -1.36. The fraction of sp³-hybridized carbons (Fsp3) is 0.636. The first-order valence-electron chi connectivity index (χ1n) is 5.41. The van der Waals surface area contributed by atoms with Crippen molar-refractivity contribution in [2.24, 2.45) is 5.92 Å². The SMILES string of the molecule is CC(C)CC(C)NCc1cc(C(=O)O)no1. The van der Waals surface area contributed by atoms with Crippen LogP contribution < -0.4 is 5.32 Å². The highest BCUT2D eigenvalue weighted by Crippen LogP contribution is 2.07. The summed E-state index contributed by atoms with van der Waals surface area (Å²) in [6.07, 6.45) is 1.07. The van der Waals surface area contributed by atoms with E-state index in [9.17, 15) is 4.79 Å². The number of hydrogen-bond acceptors (Lipinski definition) is 4. The molecule has 5 heteroatoms. The monoisotopic (exact) mass is 226 g/mol. The standard InChI is InChI=1S/C11H18N2O3/c1-7(2)4-8(3)12-6-9-5-10(11(14)15)13-16-9/h5,7-8,12H,4,6H2,1-3H3,(H,14,15). The maximum atomic E-state index is 10.6. The van der Waals surface area contributed by atoms with E-state index < -0.39 is 5.97 Å². The van der Waals surface area contributed by atoms with Gasteiger partial charge < -0.3 is 14.9 Å². The third-order valence-electron chi connectivity index (χ3n) is 2.23. The normalized spacial score (nSPS) is 13.0. The summed E-state index contributed by atoms with van der Waals surface area (Å²) in [7, 11) is 0. The third-order valence-corrected chi connectivity index (χ3v) is 2.23. The van der Waals surface area contributed by atoms with E-state index in [1.165, 1.54) is 6.07 Å². The van der Waals surface area contributed by atoms with Crippen LogP contribution in [-0.2, 0) is 6.54 Å². The number of aromatic carboxylic acids is 1. The molecule has 2 N–H and O–H groups in total. The van der Waals surface area contributed by atoms with E-state index in [1.807, 2.05) is 0 Å². The second kappa shape index (κ2) is 5.65. The van der Waals surface area contributed by atoms with E-state index in [0.717, 1.165) is 6.42 Å². The van der Waals surface area contributed by atoms with Gasteiger partial charge in [-0.15, -0.1) is 0 Å². The first-order valence-corrected chi connectivity index (χ1v) is 5.41. The summed E-state index contributed by atoms with van der Waals surface area (Å²) in [5, 5.41) is 15.3. The van der Waals surface area contributed by atoms with Gasteiger partial charge in [0.1, 0.15) is 0 Å². The highest BCUT2D eigenvalue weighted by atomic mass is 16.5. The maximum Gasteiger partial charge on any atom is 0.358 e. The summed E-state index contributed by atoms with van der Waals surface area (Å²) >= 11 is 0. The van der Waals surface area contributed by atoms with Gasteiger partial charge in [-0.25, -0.2) is 4.79 Å². The van der Waals surface area contributed by atoms with E-state index in [0.29, 0.717) is 24.3 Å². The van der Waals surface area contributed by atoms with Crippen molar-refractivity contribution >= 4 is 5.97 Å². The fourth-order valence-corrected chi connectivity index (χ4v) is 1.56. The van der Waals surface area contributed by atoms with Gasteiger partial charge in [-0.2, -0.15) is 0 Å². The zero-order valence-corrected chi connectivity index (χ0v) is 9.86. The maximum absolute atomic E-state index is 10.6.